The second kappa shape index (κ2) is 38.2. The van der Waals surface area contributed by atoms with Crippen molar-refractivity contribution in [3.8, 4) is 11.4 Å². The monoisotopic (exact) mass is 734 g/mol. The van der Waals surface area contributed by atoms with Gasteiger partial charge in [-0.3, -0.25) is 9.13 Å². The third-order valence-electron chi connectivity index (χ3n) is 5.45. The van der Waals surface area contributed by atoms with E-state index >= 15 is 0 Å². The normalized spacial score (nSPS) is 9.47. The molecule has 4 rings (SSSR count). The zero-order valence-corrected chi connectivity index (χ0v) is 30.1. The largest absolute Gasteiger partial charge is 0.793 e. The van der Waals surface area contributed by atoms with Gasteiger partial charge in [0.1, 0.15) is 0 Å². The number of ether oxygens (including phenoxy) is 1. The van der Waals surface area contributed by atoms with Crippen molar-refractivity contribution in [1.29, 1.82) is 0 Å². The Morgan fingerprint density at radius 2 is 1.04 bits per heavy atom. The summed E-state index contributed by atoms with van der Waals surface area (Å²) in [5, 5.41) is 0. The number of imidazole rings is 1. The van der Waals surface area contributed by atoms with Crippen LogP contribution in [0.4, 0.5) is 0 Å². The van der Waals surface area contributed by atoms with Crippen LogP contribution in [0.25, 0.3) is 11.4 Å². The fourth-order valence-electron chi connectivity index (χ4n) is 4.24. The zero-order valence-electron chi connectivity index (χ0n) is 26.3. The Kier molecular flexibility index (Phi) is 47.1. The van der Waals surface area contributed by atoms with Gasteiger partial charge in [-0.25, -0.2) is 0 Å². The maximum absolute atomic E-state index is 7.50. The molecule has 0 saturated carbocycles. The van der Waals surface area contributed by atoms with Gasteiger partial charge < -0.3 is 30.0 Å². The molecule has 12 heteroatoms. The average Bonchev–Trinajstić information content (AvgIpc) is 3.75. The van der Waals surface area contributed by atoms with Crippen LogP contribution >= 0.6 is 0 Å². The third kappa shape index (κ3) is 23.1. The number of aromatic nitrogens is 2. The van der Waals surface area contributed by atoms with Gasteiger partial charge in [0, 0.05) is 59.7 Å². The minimum atomic E-state index is 0. The molecule has 1 aromatic heterocycles. The minimum Gasteiger partial charge on any atom is -0.793 e. The minimum absolute atomic E-state index is 0. The van der Waals surface area contributed by atoms with Gasteiger partial charge in [0.25, 0.3) is 6.33 Å². The smallest absolute Gasteiger partial charge is 0 e. The first-order valence-corrected chi connectivity index (χ1v) is 13.9. The molecule has 0 unspecified atom stereocenters. The van der Waals surface area contributed by atoms with Crippen molar-refractivity contribution in [3.63, 3.8) is 0 Å². The van der Waals surface area contributed by atoms with Crippen molar-refractivity contribution in [2.45, 2.75) is 60.8 Å². The molecule has 1 fully saturated rings. The topological polar surface area (TPSA) is 118 Å². The van der Waals surface area contributed by atoms with Crippen LogP contribution in [0, 0.1) is 81.1 Å². The van der Waals surface area contributed by atoms with Crippen LogP contribution in [-0.4, -0.2) is 29.3 Å². The van der Waals surface area contributed by atoms with E-state index in [-0.39, 0.29) is 34.1 Å². The predicted octanol–water partition coefficient (Wildman–Crippen LogP) is 5.48. The Morgan fingerprint density at radius 3 is 1.33 bits per heavy atom. The number of hydrogen-bond acceptors (Lipinski definition) is 3. The molecular formula is C33H38Fe2N2O6S2-2. The van der Waals surface area contributed by atoms with Crippen molar-refractivity contribution in [2.75, 3.05) is 24.7 Å². The molecule has 3 aromatic rings. The fraction of sp³-hybridized carbons (Fsp3) is 0.394. The number of aryl methyl sites for hydroxylation is 6. The molecule has 45 heavy (non-hydrogen) atoms. The number of nitrogens with zero attached hydrogens (tertiary/aromatic N) is 2. The first-order valence-electron chi connectivity index (χ1n) is 12.7. The van der Waals surface area contributed by atoms with Gasteiger partial charge in [-0.1, -0.05) is 41.8 Å². The SMILES string of the molecule is C1CCOC1.Cc1cc(C)c(-n2[c-][n+](-c3c(C)cc(C)cc3C)cc2)c(C)c1.[C-]#[O+].[C-]#[O+].[C-]#[O+].[C-]#[O+].[C-]#[O+].[Fe].[Fe].[S-]CCC[S-]. The van der Waals surface area contributed by atoms with Crippen LogP contribution in [0.5, 0.6) is 0 Å². The van der Waals surface area contributed by atoms with E-state index in [1.165, 1.54) is 57.6 Å². The van der Waals surface area contributed by atoms with Crippen LogP contribution < -0.4 is 4.57 Å². The fourth-order valence-corrected chi connectivity index (χ4v) is 4.71. The quantitative estimate of drug-likeness (QED) is 0.116. The molecule has 2 aromatic carbocycles. The second-order valence-electron chi connectivity index (χ2n) is 8.71. The second-order valence-corrected chi connectivity index (χ2v) is 9.53. The molecule has 0 atom stereocenters. The summed E-state index contributed by atoms with van der Waals surface area (Å²) < 4.78 is 46.6. The van der Waals surface area contributed by atoms with Crippen LogP contribution in [0.1, 0.15) is 52.6 Å². The van der Waals surface area contributed by atoms with Crippen molar-refractivity contribution in [3.05, 3.63) is 110 Å². The standard InChI is InChI=1S/C21H24N2.C4H8O.C3H8S2.5CO.2Fe/c1-14-9-16(3)20(17(4)10-14)22-7-8-23(13-22)21-18(5)11-15(2)12-19(21)6;1-2-4-5-3-1;4-2-1-3-5;5*1-2;;/h7-12H,1-6H3;1-4H2;4-5H,1-3H2;;;;;;;/p-2. The van der Waals surface area contributed by atoms with Crippen molar-refractivity contribution in [2.24, 2.45) is 0 Å². The number of benzene rings is 2. The average molecular weight is 734 g/mol. The zero-order chi connectivity index (χ0) is 34.4. The Bertz CT molecular complexity index is 1110. The molecule has 1 saturated heterocycles. The summed E-state index contributed by atoms with van der Waals surface area (Å²) in [4.78, 5) is 0. The van der Waals surface area contributed by atoms with Gasteiger partial charge in [-0.2, -0.15) is 11.5 Å². The molecule has 0 bridgehead atoms. The molecule has 1 aliphatic rings. The first-order chi connectivity index (χ1) is 20.8. The van der Waals surface area contributed by atoms with E-state index in [1.807, 2.05) is 0 Å². The molecule has 1 aliphatic heterocycles. The van der Waals surface area contributed by atoms with Gasteiger partial charge >= 0.3 is 56.5 Å². The van der Waals surface area contributed by atoms with Gasteiger partial charge in [0.2, 0.25) is 0 Å². The molecule has 0 radical (unpaired) electrons. The molecule has 2 heterocycles. The van der Waals surface area contributed by atoms with E-state index in [4.69, 9.17) is 28.0 Å². The summed E-state index contributed by atoms with van der Waals surface area (Å²) >= 11 is 9.17. The van der Waals surface area contributed by atoms with Gasteiger partial charge in [-0.05, 0) is 76.6 Å². The van der Waals surface area contributed by atoms with Crippen LogP contribution in [0.2, 0.25) is 0 Å². The predicted molar refractivity (Wildman–Crippen MR) is 163 cm³/mol. The third-order valence-corrected chi connectivity index (χ3v) is 6.03. The van der Waals surface area contributed by atoms with E-state index in [1.54, 1.807) is 0 Å². The van der Waals surface area contributed by atoms with E-state index in [9.17, 15) is 0 Å². The summed E-state index contributed by atoms with van der Waals surface area (Å²) in [5.41, 5.74) is 10.1. The van der Waals surface area contributed by atoms with Gasteiger partial charge in [0.15, 0.2) is 0 Å². The molecule has 0 aliphatic carbocycles. The maximum atomic E-state index is 7.50. The Hall–Kier alpha value is -1.95. The van der Waals surface area contributed by atoms with Crippen molar-refractivity contribution >= 4 is 25.3 Å². The molecule has 0 spiro atoms. The molecular weight excluding hydrogens is 696 g/mol. The maximum Gasteiger partial charge on any atom is 0 e. The molecule has 8 nitrogen and oxygen atoms in total. The van der Waals surface area contributed by atoms with Gasteiger partial charge in [-0.15, -0.1) is 0 Å². The van der Waals surface area contributed by atoms with Crippen molar-refractivity contribution < 1.29 is 66.7 Å². The summed E-state index contributed by atoms with van der Waals surface area (Å²) in [6.07, 6.45) is 11.2. The van der Waals surface area contributed by atoms with Crippen LogP contribution in [0.3, 0.4) is 0 Å². The van der Waals surface area contributed by atoms with E-state index in [2.05, 4.69) is 152 Å². The van der Waals surface area contributed by atoms with Gasteiger partial charge in [0.05, 0.1) is 11.4 Å². The number of rotatable bonds is 4. The molecule has 246 valence electrons. The number of hydrogen-bond donors (Lipinski definition) is 0. The summed E-state index contributed by atoms with van der Waals surface area (Å²) in [5.74, 6) is 1.65. The van der Waals surface area contributed by atoms with E-state index in [0.717, 1.165) is 31.1 Å². The molecule has 0 amide bonds. The van der Waals surface area contributed by atoms with Crippen LogP contribution in [-0.2, 0) is 87.4 Å². The van der Waals surface area contributed by atoms with Crippen molar-refractivity contribution in [1.82, 2.24) is 4.57 Å². The Labute approximate surface area is 301 Å². The van der Waals surface area contributed by atoms with E-state index in [0.29, 0.717) is 0 Å². The first kappa shape index (κ1) is 55.5. The Morgan fingerprint density at radius 1 is 0.689 bits per heavy atom. The van der Waals surface area contributed by atoms with Crippen LogP contribution in [0.15, 0.2) is 36.7 Å². The molecule has 0 N–H and O–H groups in total. The van der Waals surface area contributed by atoms with E-state index < -0.39 is 0 Å². The Balaban J connectivity index is -0.000000144. The summed E-state index contributed by atoms with van der Waals surface area (Å²) in [7, 11) is 0. The summed E-state index contributed by atoms with van der Waals surface area (Å²) in [6.45, 7) is 37.4. The summed E-state index contributed by atoms with van der Waals surface area (Å²) in [6, 6.07) is 8.90.